The van der Waals surface area contributed by atoms with Gasteiger partial charge in [-0.15, -0.1) is 0 Å². The molecule has 5 heteroatoms. The van der Waals surface area contributed by atoms with Crippen LogP contribution in [-0.2, 0) is 16.0 Å². The van der Waals surface area contributed by atoms with Crippen molar-refractivity contribution >= 4 is 21.6 Å². The average molecular weight is 345 g/mol. The van der Waals surface area contributed by atoms with Gasteiger partial charge < -0.3 is 15.2 Å². The van der Waals surface area contributed by atoms with Crippen molar-refractivity contribution in [3.63, 3.8) is 0 Å². The Hall–Kier alpha value is -0.620. The molecule has 1 aromatic rings. The van der Waals surface area contributed by atoms with Crippen LogP contribution >= 0.6 is 15.9 Å². The molecule has 0 radical (unpaired) electrons. The van der Waals surface area contributed by atoms with E-state index >= 15 is 0 Å². The van der Waals surface area contributed by atoms with Gasteiger partial charge in [-0.2, -0.15) is 0 Å². The Balaban J connectivity index is 2.56. The Morgan fingerprint density at radius 1 is 1.10 bits per heavy atom. The van der Waals surface area contributed by atoms with Crippen molar-refractivity contribution in [1.82, 2.24) is 4.90 Å². The molecular formula is C15H25BrN2O2. The number of benzene rings is 1. The molecule has 4 nitrogen and oxygen atoms in total. The van der Waals surface area contributed by atoms with E-state index in [4.69, 9.17) is 15.2 Å². The zero-order chi connectivity index (χ0) is 14.8. The molecule has 1 rings (SSSR count). The predicted molar refractivity (Wildman–Crippen MR) is 86.8 cm³/mol. The van der Waals surface area contributed by atoms with Crippen LogP contribution in [-0.4, -0.2) is 44.4 Å². The summed E-state index contributed by atoms with van der Waals surface area (Å²) in [6.07, 6.45) is 0. The fourth-order valence-electron chi connectivity index (χ4n) is 1.88. The number of nitrogen functional groups attached to an aromatic ring is 1. The SMILES string of the molecule is CCOCCN(CCOCC)Cc1ccc(N)cc1Br. The second-order valence-corrected chi connectivity index (χ2v) is 5.38. The summed E-state index contributed by atoms with van der Waals surface area (Å²) in [5.41, 5.74) is 7.77. The molecule has 0 fully saturated rings. The average Bonchev–Trinajstić information content (AvgIpc) is 2.42. The Bertz CT molecular complexity index is 378. The van der Waals surface area contributed by atoms with Crippen LogP contribution in [0.1, 0.15) is 19.4 Å². The standard InChI is InChI=1S/C15H25BrN2O2/c1-3-19-9-7-18(8-10-20-4-2)12-13-5-6-14(17)11-15(13)16/h5-6,11H,3-4,7-10,12,17H2,1-2H3. The van der Waals surface area contributed by atoms with E-state index in [1.54, 1.807) is 0 Å². The minimum atomic E-state index is 0.745. The number of hydrogen-bond acceptors (Lipinski definition) is 4. The molecule has 1 aromatic carbocycles. The molecule has 0 saturated carbocycles. The molecule has 114 valence electrons. The van der Waals surface area contributed by atoms with E-state index in [1.165, 1.54) is 5.56 Å². The first-order valence-corrected chi connectivity index (χ1v) is 7.88. The number of hydrogen-bond donors (Lipinski definition) is 1. The Labute approximate surface area is 130 Å². The van der Waals surface area contributed by atoms with Crippen molar-refractivity contribution in [1.29, 1.82) is 0 Å². The lowest BCUT2D eigenvalue weighted by molar-refractivity contribution is 0.0797. The lowest BCUT2D eigenvalue weighted by Crippen LogP contribution is -2.31. The molecule has 0 aliphatic carbocycles. The van der Waals surface area contributed by atoms with Crippen molar-refractivity contribution < 1.29 is 9.47 Å². The molecule has 20 heavy (non-hydrogen) atoms. The molecule has 0 amide bonds. The molecule has 0 heterocycles. The predicted octanol–water partition coefficient (Wildman–Crippen LogP) is 2.91. The normalized spacial score (nSPS) is 11.2. The summed E-state index contributed by atoms with van der Waals surface area (Å²) in [5.74, 6) is 0. The van der Waals surface area contributed by atoms with Crippen LogP contribution in [0.15, 0.2) is 22.7 Å². The van der Waals surface area contributed by atoms with Gasteiger partial charge in [-0.3, -0.25) is 4.90 Å². The summed E-state index contributed by atoms with van der Waals surface area (Å²) in [6, 6.07) is 5.94. The van der Waals surface area contributed by atoms with Crippen LogP contribution in [0.25, 0.3) is 0 Å². The fraction of sp³-hybridized carbons (Fsp3) is 0.600. The van der Waals surface area contributed by atoms with Crippen LogP contribution in [0, 0.1) is 0 Å². The molecule has 0 unspecified atom stereocenters. The fourth-order valence-corrected chi connectivity index (χ4v) is 2.40. The molecule has 0 bridgehead atoms. The van der Waals surface area contributed by atoms with Gasteiger partial charge in [0.15, 0.2) is 0 Å². The van der Waals surface area contributed by atoms with Gasteiger partial charge in [0, 0.05) is 43.0 Å². The van der Waals surface area contributed by atoms with Crippen molar-refractivity contribution in [3.05, 3.63) is 28.2 Å². The van der Waals surface area contributed by atoms with Crippen LogP contribution in [0.5, 0.6) is 0 Å². The molecular weight excluding hydrogens is 320 g/mol. The molecule has 0 aliphatic heterocycles. The largest absolute Gasteiger partial charge is 0.399 e. The third kappa shape index (κ3) is 6.70. The highest BCUT2D eigenvalue weighted by atomic mass is 79.9. The number of nitrogens with zero attached hydrogens (tertiary/aromatic N) is 1. The Morgan fingerprint density at radius 3 is 2.20 bits per heavy atom. The first-order valence-electron chi connectivity index (χ1n) is 7.09. The summed E-state index contributed by atoms with van der Waals surface area (Å²) >= 11 is 3.57. The van der Waals surface area contributed by atoms with Gasteiger partial charge in [0.2, 0.25) is 0 Å². The molecule has 2 N–H and O–H groups in total. The summed E-state index contributed by atoms with van der Waals surface area (Å²) in [5, 5.41) is 0. The first kappa shape index (κ1) is 17.4. The lowest BCUT2D eigenvalue weighted by Gasteiger charge is -2.23. The van der Waals surface area contributed by atoms with Gasteiger partial charge in [0.05, 0.1) is 13.2 Å². The van der Waals surface area contributed by atoms with Crippen molar-refractivity contribution in [2.24, 2.45) is 0 Å². The highest BCUT2D eigenvalue weighted by Gasteiger charge is 2.09. The molecule has 0 spiro atoms. The smallest absolute Gasteiger partial charge is 0.0593 e. The maximum Gasteiger partial charge on any atom is 0.0593 e. The van der Waals surface area contributed by atoms with E-state index in [1.807, 2.05) is 26.0 Å². The summed E-state index contributed by atoms with van der Waals surface area (Å²) in [7, 11) is 0. The van der Waals surface area contributed by atoms with Crippen molar-refractivity contribution in [2.45, 2.75) is 20.4 Å². The minimum absolute atomic E-state index is 0.745. The van der Waals surface area contributed by atoms with Gasteiger partial charge in [0.1, 0.15) is 0 Å². The zero-order valence-electron chi connectivity index (χ0n) is 12.4. The monoisotopic (exact) mass is 344 g/mol. The van der Waals surface area contributed by atoms with Crippen molar-refractivity contribution in [3.8, 4) is 0 Å². The van der Waals surface area contributed by atoms with E-state index < -0.39 is 0 Å². The zero-order valence-corrected chi connectivity index (χ0v) is 14.0. The van der Waals surface area contributed by atoms with E-state index in [0.717, 1.165) is 56.2 Å². The van der Waals surface area contributed by atoms with Crippen molar-refractivity contribution in [2.75, 3.05) is 45.3 Å². The maximum atomic E-state index is 5.77. The Morgan fingerprint density at radius 2 is 1.70 bits per heavy atom. The van der Waals surface area contributed by atoms with E-state index in [0.29, 0.717) is 0 Å². The van der Waals surface area contributed by atoms with E-state index in [-0.39, 0.29) is 0 Å². The highest BCUT2D eigenvalue weighted by Crippen LogP contribution is 2.21. The van der Waals surface area contributed by atoms with Crippen LogP contribution < -0.4 is 5.73 Å². The number of rotatable bonds is 10. The van der Waals surface area contributed by atoms with Gasteiger partial charge in [-0.05, 0) is 31.5 Å². The lowest BCUT2D eigenvalue weighted by atomic mass is 10.2. The number of nitrogens with two attached hydrogens (primary N) is 1. The molecule has 0 atom stereocenters. The first-order chi connectivity index (χ1) is 9.67. The summed E-state index contributed by atoms with van der Waals surface area (Å²) < 4.78 is 11.9. The molecule has 0 saturated heterocycles. The van der Waals surface area contributed by atoms with E-state index in [9.17, 15) is 0 Å². The van der Waals surface area contributed by atoms with E-state index in [2.05, 4.69) is 26.9 Å². The number of ether oxygens (including phenoxy) is 2. The third-order valence-corrected chi connectivity index (χ3v) is 3.72. The maximum absolute atomic E-state index is 5.77. The summed E-state index contributed by atoms with van der Waals surface area (Å²) in [6.45, 7) is 9.69. The summed E-state index contributed by atoms with van der Waals surface area (Å²) in [4.78, 5) is 2.33. The van der Waals surface area contributed by atoms with Crippen LogP contribution in [0.2, 0.25) is 0 Å². The Kier molecular flexibility index (Phi) is 8.85. The van der Waals surface area contributed by atoms with Gasteiger partial charge in [0.25, 0.3) is 0 Å². The topological polar surface area (TPSA) is 47.7 Å². The molecule has 0 aliphatic rings. The van der Waals surface area contributed by atoms with Crippen LogP contribution in [0.3, 0.4) is 0 Å². The second-order valence-electron chi connectivity index (χ2n) is 4.52. The number of anilines is 1. The molecule has 0 aromatic heterocycles. The number of halogens is 1. The van der Waals surface area contributed by atoms with Gasteiger partial charge >= 0.3 is 0 Å². The second kappa shape index (κ2) is 10.2. The minimum Gasteiger partial charge on any atom is -0.399 e. The van der Waals surface area contributed by atoms with Gasteiger partial charge in [-0.1, -0.05) is 22.0 Å². The highest BCUT2D eigenvalue weighted by molar-refractivity contribution is 9.10. The third-order valence-electron chi connectivity index (χ3n) is 2.98. The quantitative estimate of drug-likeness (QED) is 0.523. The van der Waals surface area contributed by atoms with Crippen LogP contribution in [0.4, 0.5) is 5.69 Å². The van der Waals surface area contributed by atoms with Gasteiger partial charge in [-0.25, -0.2) is 0 Å².